The molecule has 0 bridgehead atoms. The molecule has 1 aliphatic rings. The van der Waals surface area contributed by atoms with E-state index in [9.17, 15) is 13.2 Å². The Morgan fingerprint density at radius 3 is 2.46 bits per heavy atom. The van der Waals surface area contributed by atoms with Crippen molar-refractivity contribution >= 4 is 33.2 Å². The van der Waals surface area contributed by atoms with Crippen molar-refractivity contribution in [3.8, 4) is 6.07 Å². The topological polar surface area (TPSA) is 90.3 Å². The molecule has 1 N–H and O–H groups in total. The van der Waals surface area contributed by atoms with Crippen LogP contribution in [0.2, 0.25) is 5.02 Å². The van der Waals surface area contributed by atoms with E-state index < -0.39 is 15.9 Å². The van der Waals surface area contributed by atoms with Crippen LogP contribution in [0.1, 0.15) is 41.6 Å². The molecule has 0 aliphatic carbocycles. The van der Waals surface area contributed by atoms with Gasteiger partial charge in [-0.3, -0.25) is 4.79 Å². The van der Waals surface area contributed by atoms with E-state index in [0.29, 0.717) is 24.3 Å². The van der Waals surface area contributed by atoms with E-state index in [0.717, 1.165) is 25.7 Å². The number of rotatable bonds is 4. The third kappa shape index (κ3) is 4.53. The van der Waals surface area contributed by atoms with Gasteiger partial charge in [-0.05, 0) is 49.2 Å². The van der Waals surface area contributed by atoms with Crippen molar-refractivity contribution in [1.82, 2.24) is 4.31 Å². The second-order valence-corrected chi connectivity index (χ2v) is 8.92. The maximum atomic E-state index is 13.1. The standard InChI is InChI=1S/C20H20ClN3O3S/c21-18-9-8-16(20(25)23-17-7-5-6-15(12-17)14-22)13-19(18)28(26,27)24-10-3-1-2-4-11-24/h5-9,12-13H,1-4,10-11H2,(H,23,25). The van der Waals surface area contributed by atoms with Crippen LogP contribution in [0, 0.1) is 11.3 Å². The van der Waals surface area contributed by atoms with Gasteiger partial charge in [0.05, 0.1) is 16.7 Å². The highest BCUT2D eigenvalue weighted by atomic mass is 35.5. The van der Waals surface area contributed by atoms with E-state index in [1.807, 2.05) is 6.07 Å². The molecule has 8 heteroatoms. The molecular formula is C20H20ClN3O3S. The minimum atomic E-state index is -3.78. The molecule has 0 spiro atoms. The average molecular weight is 418 g/mol. The zero-order valence-corrected chi connectivity index (χ0v) is 16.8. The maximum absolute atomic E-state index is 13.1. The first-order chi connectivity index (χ1) is 13.4. The van der Waals surface area contributed by atoms with Crippen LogP contribution in [0.3, 0.4) is 0 Å². The molecule has 2 aromatic rings. The second-order valence-electron chi connectivity index (χ2n) is 6.61. The summed E-state index contributed by atoms with van der Waals surface area (Å²) < 4.78 is 27.5. The van der Waals surface area contributed by atoms with Crippen molar-refractivity contribution in [2.24, 2.45) is 0 Å². The van der Waals surface area contributed by atoms with Crippen molar-refractivity contribution in [3.05, 3.63) is 58.6 Å². The second kappa shape index (κ2) is 8.74. The molecule has 1 amide bonds. The number of hydrogen-bond donors (Lipinski definition) is 1. The molecule has 2 aromatic carbocycles. The highest BCUT2D eigenvalue weighted by molar-refractivity contribution is 7.89. The van der Waals surface area contributed by atoms with Crippen LogP contribution in [0.25, 0.3) is 0 Å². The number of carbonyl (C=O) groups is 1. The number of benzene rings is 2. The van der Waals surface area contributed by atoms with Crippen LogP contribution in [0.4, 0.5) is 5.69 Å². The number of nitrogens with zero attached hydrogens (tertiary/aromatic N) is 2. The van der Waals surface area contributed by atoms with E-state index in [4.69, 9.17) is 16.9 Å². The Hall–Kier alpha value is -2.40. The summed E-state index contributed by atoms with van der Waals surface area (Å²) in [5.41, 5.74) is 1.05. The number of amides is 1. The third-order valence-corrected chi connectivity index (χ3v) is 7.01. The minimum absolute atomic E-state index is 0.0607. The van der Waals surface area contributed by atoms with Gasteiger partial charge in [0.2, 0.25) is 10.0 Å². The monoisotopic (exact) mass is 417 g/mol. The number of carbonyl (C=O) groups excluding carboxylic acids is 1. The highest BCUT2D eigenvalue weighted by Gasteiger charge is 2.28. The number of nitrogens with one attached hydrogen (secondary N) is 1. The molecule has 28 heavy (non-hydrogen) atoms. The molecule has 0 saturated carbocycles. The van der Waals surface area contributed by atoms with Crippen molar-refractivity contribution in [1.29, 1.82) is 5.26 Å². The van der Waals surface area contributed by atoms with Crippen molar-refractivity contribution in [3.63, 3.8) is 0 Å². The summed E-state index contributed by atoms with van der Waals surface area (Å²) in [6, 6.07) is 12.7. The van der Waals surface area contributed by atoms with E-state index in [2.05, 4.69) is 5.32 Å². The summed E-state index contributed by atoms with van der Waals surface area (Å²) in [5.74, 6) is -0.473. The van der Waals surface area contributed by atoms with Gasteiger partial charge in [-0.15, -0.1) is 0 Å². The van der Waals surface area contributed by atoms with E-state index in [1.165, 1.54) is 22.5 Å². The first kappa shape index (κ1) is 20.3. The van der Waals surface area contributed by atoms with Crippen molar-refractivity contribution in [2.45, 2.75) is 30.6 Å². The molecule has 146 valence electrons. The molecule has 1 aliphatic heterocycles. The third-order valence-electron chi connectivity index (χ3n) is 4.63. The van der Waals surface area contributed by atoms with Gasteiger partial charge in [-0.1, -0.05) is 30.5 Å². The van der Waals surface area contributed by atoms with E-state index in [1.54, 1.807) is 24.3 Å². The summed E-state index contributed by atoms with van der Waals surface area (Å²) in [6.45, 7) is 0.909. The average Bonchev–Trinajstić information content (AvgIpc) is 2.98. The quantitative estimate of drug-likeness (QED) is 0.813. The van der Waals surface area contributed by atoms with Gasteiger partial charge in [0.15, 0.2) is 0 Å². The van der Waals surface area contributed by atoms with Gasteiger partial charge in [-0.25, -0.2) is 8.42 Å². The normalized spacial score (nSPS) is 15.4. The molecular weight excluding hydrogens is 398 g/mol. The highest BCUT2D eigenvalue weighted by Crippen LogP contribution is 2.28. The number of anilines is 1. The largest absolute Gasteiger partial charge is 0.322 e. The van der Waals surface area contributed by atoms with Gasteiger partial charge in [0, 0.05) is 24.3 Å². The fourth-order valence-corrected chi connectivity index (χ4v) is 5.15. The van der Waals surface area contributed by atoms with Gasteiger partial charge in [0.1, 0.15) is 4.90 Å². The van der Waals surface area contributed by atoms with Crippen LogP contribution >= 0.6 is 11.6 Å². The number of hydrogen-bond acceptors (Lipinski definition) is 4. The predicted octanol–water partition coefficient (Wildman–Crippen LogP) is 4.03. The Morgan fingerprint density at radius 1 is 1.07 bits per heavy atom. The zero-order chi connectivity index (χ0) is 20.1. The zero-order valence-electron chi connectivity index (χ0n) is 15.2. The van der Waals surface area contributed by atoms with E-state index >= 15 is 0 Å². The summed E-state index contributed by atoms with van der Waals surface area (Å²) in [7, 11) is -3.78. The van der Waals surface area contributed by atoms with Gasteiger partial charge < -0.3 is 5.32 Å². The molecule has 6 nitrogen and oxygen atoms in total. The Bertz CT molecular complexity index is 1020. The first-order valence-corrected chi connectivity index (χ1v) is 10.8. The molecule has 0 aromatic heterocycles. The fourth-order valence-electron chi connectivity index (χ4n) is 3.13. The number of halogens is 1. The fraction of sp³-hybridized carbons (Fsp3) is 0.300. The molecule has 0 atom stereocenters. The van der Waals surface area contributed by atoms with Crippen LogP contribution < -0.4 is 5.32 Å². The summed E-state index contributed by atoms with van der Waals surface area (Å²) >= 11 is 6.17. The Kier molecular flexibility index (Phi) is 6.35. The first-order valence-electron chi connectivity index (χ1n) is 9.03. The predicted molar refractivity (Wildman–Crippen MR) is 108 cm³/mol. The lowest BCUT2D eigenvalue weighted by atomic mass is 10.2. The number of sulfonamides is 1. The van der Waals surface area contributed by atoms with Crippen LogP contribution in [-0.2, 0) is 10.0 Å². The van der Waals surface area contributed by atoms with Gasteiger partial charge in [-0.2, -0.15) is 9.57 Å². The smallest absolute Gasteiger partial charge is 0.255 e. The molecule has 0 radical (unpaired) electrons. The maximum Gasteiger partial charge on any atom is 0.255 e. The van der Waals surface area contributed by atoms with Crippen LogP contribution in [0.5, 0.6) is 0 Å². The van der Waals surface area contributed by atoms with Crippen LogP contribution in [0.15, 0.2) is 47.4 Å². The molecule has 1 heterocycles. The van der Waals surface area contributed by atoms with Gasteiger partial charge in [0.25, 0.3) is 5.91 Å². The van der Waals surface area contributed by atoms with Crippen LogP contribution in [-0.4, -0.2) is 31.7 Å². The number of nitriles is 1. The van der Waals surface area contributed by atoms with Crippen molar-refractivity contribution in [2.75, 3.05) is 18.4 Å². The summed E-state index contributed by atoms with van der Waals surface area (Å²) in [4.78, 5) is 12.5. The molecule has 0 unspecified atom stereocenters. The van der Waals surface area contributed by atoms with Crippen molar-refractivity contribution < 1.29 is 13.2 Å². The summed E-state index contributed by atoms with van der Waals surface area (Å²) in [5, 5.41) is 11.7. The minimum Gasteiger partial charge on any atom is -0.322 e. The molecule has 3 rings (SSSR count). The Morgan fingerprint density at radius 2 is 1.79 bits per heavy atom. The lowest BCUT2D eigenvalue weighted by Crippen LogP contribution is -2.32. The van der Waals surface area contributed by atoms with E-state index in [-0.39, 0.29) is 15.5 Å². The lowest BCUT2D eigenvalue weighted by Gasteiger charge is -2.21. The SMILES string of the molecule is N#Cc1cccc(NC(=O)c2ccc(Cl)c(S(=O)(=O)N3CCCCCC3)c2)c1. The summed E-state index contributed by atoms with van der Waals surface area (Å²) in [6.07, 6.45) is 3.63. The lowest BCUT2D eigenvalue weighted by molar-refractivity contribution is 0.102. The molecule has 1 saturated heterocycles. The molecule has 1 fully saturated rings. The van der Waals surface area contributed by atoms with Gasteiger partial charge >= 0.3 is 0 Å². The Balaban J connectivity index is 1.88. The Labute approximate surface area is 169 Å².